The van der Waals surface area contributed by atoms with Crippen molar-refractivity contribution in [2.45, 2.75) is 13.8 Å². The zero-order valence-corrected chi connectivity index (χ0v) is 11.7. The van der Waals surface area contributed by atoms with E-state index >= 15 is 0 Å². The van der Waals surface area contributed by atoms with E-state index < -0.39 is 0 Å². The van der Waals surface area contributed by atoms with Gasteiger partial charge in [0.05, 0.1) is 5.71 Å². The van der Waals surface area contributed by atoms with E-state index in [4.69, 9.17) is 0 Å². The molecule has 0 bridgehead atoms. The number of nitrogens with zero attached hydrogens (tertiary/aromatic N) is 3. The largest absolute Gasteiger partial charge is 0.338 e. The fourth-order valence-corrected chi connectivity index (χ4v) is 1.36. The fraction of sp³-hybridized carbons (Fsp3) is 0.286. The van der Waals surface area contributed by atoms with Gasteiger partial charge in [-0.2, -0.15) is 5.10 Å². The van der Waals surface area contributed by atoms with Crippen LogP contribution in [0.4, 0.5) is 4.39 Å². The third-order valence-corrected chi connectivity index (χ3v) is 2.60. The molecule has 1 heterocycles. The van der Waals surface area contributed by atoms with Crippen molar-refractivity contribution >= 4 is 5.71 Å². The fourth-order valence-electron chi connectivity index (χ4n) is 1.36. The summed E-state index contributed by atoms with van der Waals surface area (Å²) < 4.78 is 14.5. The number of hydrazone groups is 1. The molecule has 0 aliphatic heterocycles. The number of halogens is 1. The van der Waals surface area contributed by atoms with Gasteiger partial charge in [-0.3, -0.25) is 0 Å². The lowest BCUT2D eigenvalue weighted by Crippen LogP contribution is -2.02. The Balaban J connectivity index is 0.000000218. The van der Waals surface area contributed by atoms with E-state index in [0.29, 0.717) is 0 Å². The van der Waals surface area contributed by atoms with Crippen LogP contribution in [0.2, 0.25) is 0 Å². The van der Waals surface area contributed by atoms with Gasteiger partial charge >= 0.3 is 0 Å². The number of imidazole rings is 1. The molecule has 0 saturated heterocycles. The van der Waals surface area contributed by atoms with E-state index in [9.17, 15) is 4.39 Å². The van der Waals surface area contributed by atoms with Gasteiger partial charge in [-0.15, -0.1) is 0 Å². The minimum atomic E-state index is -0.226. The molecule has 2 rings (SSSR count). The van der Waals surface area contributed by atoms with E-state index in [1.165, 1.54) is 12.1 Å². The highest BCUT2D eigenvalue weighted by atomic mass is 19.1. The minimum Gasteiger partial charge on any atom is -0.338 e. The molecule has 0 aliphatic rings. The van der Waals surface area contributed by atoms with Crippen LogP contribution in [0.3, 0.4) is 0 Å². The molecular weight excluding hydrogens is 243 g/mol. The monoisotopic (exact) mass is 262 g/mol. The van der Waals surface area contributed by atoms with Gasteiger partial charge in [0.1, 0.15) is 11.6 Å². The van der Waals surface area contributed by atoms with Gasteiger partial charge in [-0.1, -0.05) is 12.1 Å². The van der Waals surface area contributed by atoms with Crippen LogP contribution in [0.15, 0.2) is 41.8 Å². The van der Waals surface area contributed by atoms with Gasteiger partial charge in [-0.25, -0.2) is 9.37 Å². The third kappa shape index (κ3) is 4.91. The van der Waals surface area contributed by atoms with Crippen molar-refractivity contribution in [2.75, 3.05) is 7.05 Å². The Morgan fingerprint density at radius 1 is 1.32 bits per heavy atom. The Labute approximate surface area is 113 Å². The molecule has 0 fully saturated rings. The molecule has 0 aliphatic carbocycles. The molecule has 0 unspecified atom stereocenters. The molecule has 0 amide bonds. The topological polar surface area (TPSA) is 42.2 Å². The molecule has 1 aromatic carbocycles. The summed E-state index contributed by atoms with van der Waals surface area (Å²) in [5.74, 6) is 0.830. The van der Waals surface area contributed by atoms with Crippen molar-refractivity contribution in [1.82, 2.24) is 15.0 Å². The maximum absolute atomic E-state index is 12.5. The first-order chi connectivity index (χ1) is 9.04. The molecule has 19 heavy (non-hydrogen) atoms. The third-order valence-electron chi connectivity index (χ3n) is 2.60. The summed E-state index contributed by atoms with van der Waals surface area (Å²) in [7, 11) is 3.70. The molecule has 0 spiro atoms. The molecule has 0 radical (unpaired) electrons. The smallest absolute Gasteiger partial charge is 0.123 e. The quantitative estimate of drug-likeness (QED) is 0.667. The molecule has 102 valence electrons. The average Bonchev–Trinajstić information content (AvgIpc) is 2.76. The number of aryl methyl sites for hydroxylation is 2. The molecule has 0 atom stereocenters. The van der Waals surface area contributed by atoms with Gasteiger partial charge in [0.15, 0.2) is 0 Å². The lowest BCUT2D eigenvalue weighted by atomic mass is 10.1. The second kappa shape index (κ2) is 7.31. The number of nitrogens with one attached hydrogen (secondary N) is 1. The minimum absolute atomic E-state index is 0.226. The van der Waals surface area contributed by atoms with E-state index in [1.54, 1.807) is 25.4 Å². The van der Waals surface area contributed by atoms with Crippen molar-refractivity contribution < 1.29 is 4.39 Å². The Morgan fingerprint density at radius 3 is 2.32 bits per heavy atom. The van der Waals surface area contributed by atoms with E-state index in [1.807, 2.05) is 31.7 Å². The summed E-state index contributed by atoms with van der Waals surface area (Å²) in [4.78, 5) is 3.98. The van der Waals surface area contributed by atoms with Crippen molar-refractivity contribution in [3.8, 4) is 0 Å². The summed E-state index contributed by atoms with van der Waals surface area (Å²) >= 11 is 0. The van der Waals surface area contributed by atoms with Crippen LogP contribution in [0.1, 0.15) is 18.3 Å². The second-order valence-electron chi connectivity index (χ2n) is 4.01. The average molecular weight is 262 g/mol. The summed E-state index contributed by atoms with van der Waals surface area (Å²) in [6, 6.07) is 6.24. The number of hydrogen-bond acceptors (Lipinski definition) is 3. The zero-order chi connectivity index (χ0) is 14.3. The summed E-state index contributed by atoms with van der Waals surface area (Å²) in [6.07, 6.45) is 3.71. The molecule has 4 nitrogen and oxygen atoms in total. The van der Waals surface area contributed by atoms with E-state index in [0.717, 1.165) is 17.1 Å². The number of rotatable bonds is 2. The Morgan fingerprint density at radius 2 is 1.95 bits per heavy atom. The normalized spacial score (nSPS) is 10.7. The van der Waals surface area contributed by atoms with Crippen molar-refractivity contribution in [1.29, 1.82) is 0 Å². The summed E-state index contributed by atoms with van der Waals surface area (Å²) in [6.45, 7) is 3.84. The first-order valence-corrected chi connectivity index (χ1v) is 5.95. The van der Waals surface area contributed by atoms with Gasteiger partial charge < -0.3 is 9.99 Å². The van der Waals surface area contributed by atoms with Crippen molar-refractivity contribution in [2.24, 2.45) is 12.1 Å². The Kier molecular flexibility index (Phi) is 5.73. The zero-order valence-electron chi connectivity index (χ0n) is 11.7. The van der Waals surface area contributed by atoms with Crippen LogP contribution < -0.4 is 5.43 Å². The van der Waals surface area contributed by atoms with Gasteiger partial charge in [0.2, 0.25) is 0 Å². The van der Waals surface area contributed by atoms with Gasteiger partial charge in [-0.05, 0) is 31.5 Å². The Hall–Kier alpha value is -2.17. The van der Waals surface area contributed by atoms with Crippen LogP contribution in [0.25, 0.3) is 0 Å². The highest BCUT2D eigenvalue weighted by molar-refractivity contribution is 5.98. The molecule has 0 saturated carbocycles. The predicted molar refractivity (Wildman–Crippen MR) is 75.6 cm³/mol. The highest BCUT2D eigenvalue weighted by Gasteiger charge is 1.96. The number of aromatic nitrogens is 2. The predicted octanol–water partition coefficient (Wildman–Crippen LogP) is 2.50. The van der Waals surface area contributed by atoms with Crippen LogP contribution in [-0.2, 0) is 7.05 Å². The molecule has 2 aromatic rings. The molecular formula is C14H19FN4. The lowest BCUT2D eigenvalue weighted by Gasteiger charge is -1.99. The Bertz CT molecular complexity index is 512. The lowest BCUT2D eigenvalue weighted by molar-refractivity contribution is 0.628. The first-order valence-electron chi connectivity index (χ1n) is 5.95. The van der Waals surface area contributed by atoms with Crippen LogP contribution in [0, 0.1) is 12.7 Å². The van der Waals surface area contributed by atoms with Crippen LogP contribution in [-0.4, -0.2) is 22.3 Å². The maximum atomic E-state index is 12.5. The van der Waals surface area contributed by atoms with Crippen molar-refractivity contribution in [3.63, 3.8) is 0 Å². The van der Waals surface area contributed by atoms with E-state index in [-0.39, 0.29) is 5.82 Å². The highest BCUT2D eigenvalue weighted by Crippen LogP contribution is 2.03. The summed E-state index contributed by atoms with van der Waals surface area (Å²) in [5.41, 5.74) is 4.44. The van der Waals surface area contributed by atoms with Gasteiger partial charge in [0.25, 0.3) is 0 Å². The first kappa shape index (κ1) is 14.9. The SMILES string of the molecule is CN/N=C(\C)c1ccc(F)cc1.Cc1nccn1C. The molecule has 5 heteroatoms. The van der Waals surface area contributed by atoms with Crippen LogP contribution in [0.5, 0.6) is 0 Å². The standard InChI is InChI=1S/C9H11FN2.C5H8N2/c1-7(12-11-2)8-3-5-9(10)6-4-8;1-5-6-3-4-7(5)2/h3-6,11H,1-2H3;3-4H,1-2H3/b12-7+;. The van der Waals surface area contributed by atoms with E-state index in [2.05, 4.69) is 15.5 Å². The van der Waals surface area contributed by atoms with Crippen LogP contribution >= 0.6 is 0 Å². The van der Waals surface area contributed by atoms with Crippen molar-refractivity contribution in [3.05, 3.63) is 53.9 Å². The number of hydrogen-bond donors (Lipinski definition) is 1. The molecule has 1 aromatic heterocycles. The number of benzene rings is 1. The molecule has 1 N–H and O–H groups in total. The maximum Gasteiger partial charge on any atom is 0.123 e. The second-order valence-corrected chi connectivity index (χ2v) is 4.01. The summed E-state index contributed by atoms with van der Waals surface area (Å²) in [5, 5.41) is 3.97. The van der Waals surface area contributed by atoms with Gasteiger partial charge in [0, 0.05) is 26.5 Å².